The number of likely N-dealkylation sites (N-methyl/N-ethyl adjacent to an activating group) is 1. The van der Waals surface area contributed by atoms with E-state index >= 15 is 0 Å². The summed E-state index contributed by atoms with van der Waals surface area (Å²) in [7, 11) is 1.45. The minimum Gasteiger partial charge on any atom is -0.508 e. The Bertz CT molecular complexity index is 2280. The number of carbonyl (C=O) groups is 5. The molecule has 2 aliphatic rings. The second kappa shape index (κ2) is 19.9. The molecule has 0 aliphatic carbocycles. The molecule has 1 saturated heterocycles. The monoisotopic (exact) mass is 866 g/mol. The summed E-state index contributed by atoms with van der Waals surface area (Å²) >= 11 is 1.31. The Morgan fingerprint density at radius 2 is 1.74 bits per heavy atom. The van der Waals surface area contributed by atoms with Crippen molar-refractivity contribution in [3.8, 4) is 11.5 Å². The number of nitrogens with zero attached hydrogens (tertiary/aromatic N) is 3. The summed E-state index contributed by atoms with van der Waals surface area (Å²) in [4.78, 5) is 96.6. The van der Waals surface area contributed by atoms with E-state index in [1.54, 1.807) is 30.5 Å². The molecule has 8 unspecified atom stereocenters. The molecule has 10 N–H and O–H groups in total. The average Bonchev–Trinajstić information content (AvgIpc) is 3.58. The fraction of sp³-hybridized carbons (Fsp3) is 0.425. The number of benzene rings is 2. The molecule has 3 aromatic rings. The molecule has 1 fully saturated rings. The normalized spacial score (nSPS) is 20.9. The number of H-pyrrole nitrogens is 1. The average molecular weight is 867 g/mol. The van der Waals surface area contributed by atoms with Gasteiger partial charge in [0, 0.05) is 38.2 Å². The van der Waals surface area contributed by atoms with E-state index in [0.717, 1.165) is 34.2 Å². The van der Waals surface area contributed by atoms with Crippen LogP contribution in [0.3, 0.4) is 0 Å². The number of aliphatic hydroxyl groups excluding tert-OH is 1. The van der Waals surface area contributed by atoms with Crippen LogP contribution in [0.4, 0.5) is 4.79 Å². The van der Waals surface area contributed by atoms with Gasteiger partial charge in [0.05, 0.1) is 18.3 Å². The first-order valence-corrected chi connectivity index (χ1v) is 20.7. The number of urea groups is 1. The maximum absolute atomic E-state index is 14.5. The summed E-state index contributed by atoms with van der Waals surface area (Å²) in [5.41, 5.74) is 7.03. The predicted octanol–water partition coefficient (Wildman–Crippen LogP) is -0.00930. The number of aromatic amines is 1. The highest BCUT2D eigenvalue weighted by atomic mass is 32.2. The van der Waals surface area contributed by atoms with Gasteiger partial charge in [0.15, 0.2) is 0 Å². The van der Waals surface area contributed by atoms with Gasteiger partial charge in [-0.2, -0.15) is 11.8 Å². The summed E-state index contributed by atoms with van der Waals surface area (Å²) in [6.45, 7) is 3.37. The van der Waals surface area contributed by atoms with Crippen LogP contribution in [0, 0.1) is 0 Å². The van der Waals surface area contributed by atoms with Crippen molar-refractivity contribution in [2.24, 2.45) is 5.73 Å². The molecule has 5 rings (SSSR count). The highest BCUT2D eigenvalue weighted by Gasteiger charge is 2.40. The molecule has 1 aromatic heterocycles. The number of nitrogens with two attached hydrogens (primary N) is 1. The first kappa shape index (κ1) is 45.9. The van der Waals surface area contributed by atoms with Gasteiger partial charge in [-0.3, -0.25) is 38.9 Å². The summed E-state index contributed by atoms with van der Waals surface area (Å²) < 4.78 is 6.75. The second-order valence-corrected chi connectivity index (χ2v) is 15.9. The fourth-order valence-electron chi connectivity index (χ4n) is 7.13. The Balaban J connectivity index is 1.42. The van der Waals surface area contributed by atoms with Crippen LogP contribution in [-0.2, 0) is 36.8 Å². The van der Waals surface area contributed by atoms with Gasteiger partial charge in [0.1, 0.15) is 41.5 Å². The number of amides is 5. The van der Waals surface area contributed by atoms with Crippen molar-refractivity contribution in [3.05, 3.63) is 104 Å². The molecule has 0 saturated carbocycles. The van der Waals surface area contributed by atoms with Crippen molar-refractivity contribution >= 4 is 41.5 Å². The fourth-order valence-corrected chi connectivity index (χ4v) is 7.61. The number of hydrogen-bond donors (Lipinski definition) is 9. The molecule has 2 aromatic carbocycles. The number of carboxylic acids is 1. The minimum absolute atomic E-state index is 0.0425. The standard InChI is InChI=1S/C40H50N8O12S/c1-20-27-9-8-25(50)16-23(27)17-29(42-20)34(53)46(3)21(2)33(41)36(55)48(19-26-18-31(51)37(60-26)47-12-10-32(52)45-40(47)59)35(54)28(11-13-61-4)43-39(58)44-30(38(56)57)15-22-6-5-7-24(49)14-22/h5-10,12,14,16,19-21,28-31,33,37,42,49-51H,11,13,15,17-18,41H2,1-4H3,(H,56,57)(H2,43,44,58)(H,45,52,59). The molecular weight excluding hydrogens is 817 g/mol. The molecule has 8 atom stereocenters. The van der Waals surface area contributed by atoms with E-state index in [1.165, 1.54) is 48.8 Å². The predicted molar refractivity (Wildman–Crippen MR) is 221 cm³/mol. The van der Waals surface area contributed by atoms with E-state index in [9.17, 15) is 54.0 Å². The number of nitrogens with one attached hydrogen (secondary N) is 4. The van der Waals surface area contributed by atoms with Crippen LogP contribution in [0.1, 0.15) is 55.6 Å². The SMILES string of the molecule is CSCCC(NC(=O)NC(Cc1cccc(O)c1)C(=O)O)C(=O)N(C=C1CC(O)C(n2ccc(=O)[nH]c2=O)O1)C(=O)C(N)C(C)N(C)C(=O)C1Cc2cc(O)ccc2C(C)N1. The van der Waals surface area contributed by atoms with E-state index in [4.69, 9.17) is 10.5 Å². The van der Waals surface area contributed by atoms with Gasteiger partial charge in [-0.15, -0.1) is 0 Å². The topological polar surface area (TPSA) is 299 Å². The smallest absolute Gasteiger partial charge is 0.331 e. The Kier molecular flexibility index (Phi) is 15.0. The number of phenolic OH excluding ortho intramolecular Hbond substituents is 2. The number of rotatable bonds is 15. The van der Waals surface area contributed by atoms with E-state index in [2.05, 4.69) is 20.9 Å². The van der Waals surface area contributed by atoms with Gasteiger partial charge < -0.3 is 46.4 Å². The maximum Gasteiger partial charge on any atom is 0.331 e. The van der Waals surface area contributed by atoms with Crippen molar-refractivity contribution in [3.63, 3.8) is 0 Å². The lowest BCUT2D eigenvalue weighted by atomic mass is 9.90. The van der Waals surface area contributed by atoms with Gasteiger partial charge in [-0.25, -0.2) is 14.4 Å². The number of aliphatic carboxylic acids is 1. The Morgan fingerprint density at radius 3 is 2.41 bits per heavy atom. The largest absolute Gasteiger partial charge is 0.508 e. The van der Waals surface area contributed by atoms with E-state index in [1.807, 2.05) is 6.92 Å². The number of thioether (sulfide) groups is 1. The van der Waals surface area contributed by atoms with Crippen LogP contribution in [0.2, 0.25) is 0 Å². The van der Waals surface area contributed by atoms with Crippen LogP contribution >= 0.6 is 11.8 Å². The molecule has 21 heteroatoms. The summed E-state index contributed by atoms with van der Waals surface area (Å²) in [6.07, 6.45) is 0.657. The first-order valence-electron chi connectivity index (χ1n) is 19.3. The molecule has 0 bridgehead atoms. The zero-order chi connectivity index (χ0) is 44.7. The third kappa shape index (κ3) is 11.2. The van der Waals surface area contributed by atoms with Gasteiger partial charge in [-0.1, -0.05) is 18.2 Å². The number of aliphatic hydroxyl groups is 1. The minimum atomic E-state index is -1.58. The van der Waals surface area contributed by atoms with E-state index in [0.29, 0.717) is 10.5 Å². The van der Waals surface area contributed by atoms with Crippen LogP contribution < -0.4 is 32.9 Å². The number of aromatic hydroxyl groups is 2. The van der Waals surface area contributed by atoms with Crippen molar-refractivity contribution < 1.29 is 49.1 Å². The Hall–Kier alpha value is -6.16. The number of aromatic nitrogens is 2. The maximum atomic E-state index is 14.5. The summed E-state index contributed by atoms with van der Waals surface area (Å²) in [5, 5.41) is 48.8. The summed E-state index contributed by atoms with van der Waals surface area (Å²) in [5.74, 6) is -3.86. The molecule has 3 heterocycles. The number of carbonyl (C=O) groups excluding carboxylic acids is 4. The lowest BCUT2D eigenvalue weighted by Gasteiger charge is -2.37. The lowest BCUT2D eigenvalue weighted by molar-refractivity contribution is -0.145. The lowest BCUT2D eigenvalue weighted by Crippen LogP contribution is -2.60. The number of carboxylic acid groups (broad SMARTS) is 1. The third-order valence-electron chi connectivity index (χ3n) is 10.6. The Morgan fingerprint density at radius 1 is 1.03 bits per heavy atom. The van der Waals surface area contributed by atoms with Gasteiger partial charge >= 0.3 is 17.7 Å². The molecule has 2 aliphatic heterocycles. The quantitative estimate of drug-likeness (QED) is 0.0971. The van der Waals surface area contributed by atoms with Gasteiger partial charge in [0.2, 0.25) is 12.1 Å². The highest BCUT2D eigenvalue weighted by Crippen LogP contribution is 2.32. The zero-order valence-corrected chi connectivity index (χ0v) is 34.6. The van der Waals surface area contributed by atoms with Crippen LogP contribution in [-0.4, -0.2) is 125 Å². The van der Waals surface area contributed by atoms with Crippen molar-refractivity contribution in [2.45, 2.75) is 88.1 Å². The molecule has 61 heavy (non-hydrogen) atoms. The third-order valence-corrected chi connectivity index (χ3v) is 11.2. The van der Waals surface area contributed by atoms with Crippen molar-refractivity contribution in [2.75, 3.05) is 19.1 Å². The number of phenols is 2. The second-order valence-electron chi connectivity index (χ2n) is 14.9. The number of hydrogen-bond acceptors (Lipinski definition) is 14. The Labute approximate surface area is 353 Å². The molecule has 5 amide bonds. The van der Waals surface area contributed by atoms with Crippen molar-refractivity contribution in [1.82, 2.24) is 35.3 Å². The van der Waals surface area contributed by atoms with Crippen molar-refractivity contribution in [1.29, 1.82) is 0 Å². The first-order chi connectivity index (χ1) is 28.9. The molecular formula is C40H50N8O12S. The van der Waals surface area contributed by atoms with Crippen LogP contribution in [0.5, 0.6) is 11.5 Å². The van der Waals surface area contributed by atoms with E-state index < -0.39 is 83.5 Å². The number of fused-ring (bicyclic) bond motifs is 1. The molecule has 20 nitrogen and oxygen atoms in total. The molecule has 0 radical (unpaired) electrons. The zero-order valence-electron chi connectivity index (χ0n) is 33.8. The summed E-state index contributed by atoms with van der Waals surface area (Å²) in [6, 6.07) is 4.07. The molecule has 328 valence electrons. The highest BCUT2D eigenvalue weighted by molar-refractivity contribution is 7.98. The van der Waals surface area contributed by atoms with Gasteiger partial charge in [-0.05, 0) is 79.7 Å². The molecule has 0 spiro atoms. The van der Waals surface area contributed by atoms with Crippen LogP contribution in [0.15, 0.2) is 76.3 Å². The van der Waals surface area contributed by atoms with Crippen LogP contribution in [0.25, 0.3) is 0 Å². The number of ether oxygens (including phenoxy) is 1. The van der Waals surface area contributed by atoms with Gasteiger partial charge in [0.25, 0.3) is 17.4 Å². The van der Waals surface area contributed by atoms with E-state index in [-0.39, 0.29) is 54.7 Å². The number of imide groups is 1.